The van der Waals surface area contributed by atoms with Gasteiger partial charge in [-0.05, 0) is 57.0 Å². The molecule has 0 aromatic carbocycles. The van der Waals surface area contributed by atoms with Gasteiger partial charge in [-0.3, -0.25) is 34.8 Å². The van der Waals surface area contributed by atoms with Crippen molar-refractivity contribution in [1.29, 1.82) is 0 Å². The molecule has 10 aromatic heterocycles. The van der Waals surface area contributed by atoms with Gasteiger partial charge in [0.25, 0.3) is 0 Å². The van der Waals surface area contributed by atoms with Crippen LogP contribution in [0.25, 0.3) is 70.6 Å². The predicted octanol–water partition coefficient (Wildman–Crippen LogP) is 7.98. The van der Waals surface area contributed by atoms with Crippen LogP contribution in [-0.4, -0.2) is 227 Å². The molecule has 16 heterocycles. The third kappa shape index (κ3) is 12.0. The Bertz CT molecular complexity index is 4150. The second-order valence-electron chi connectivity index (χ2n) is 23.1. The van der Waals surface area contributed by atoms with Crippen molar-refractivity contribution >= 4 is 98.4 Å². The Balaban J connectivity index is 0.000000130. The van der Waals surface area contributed by atoms with E-state index in [9.17, 15) is 0 Å². The minimum Gasteiger partial charge on any atom is -0.496 e. The average Bonchev–Trinajstić information content (AvgIpc) is 1.72. The van der Waals surface area contributed by atoms with E-state index >= 15 is 0 Å². The van der Waals surface area contributed by atoms with Crippen LogP contribution in [0.2, 0.25) is 5.15 Å². The van der Waals surface area contributed by atoms with Crippen LogP contribution < -0.4 is 29.1 Å². The molecule has 4 atom stereocenters. The molecule has 89 heavy (non-hydrogen) atoms. The summed E-state index contributed by atoms with van der Waals surface area (Å²) < 4.78 is 37.3. The molecule has 0 amide bonds. The Morgan fingerprint density at radius 1 is 0.607 bits per heavy atom. The fraction of sp³-hybridized carbons (Fsp3) is 0.452. The van der Waals surface area contributed by atoms with Crippen molar-refractivity contribution in [3.8, 4) is 39.8 Å². The van der Waals surface area contributed by atoms with Crippen LogP contribution in [0.3, 0.4) is 0 Å². The quantitative estimate of drug-likeness (QED) is 0.0960. The molecule has 4 bridgehead atoms. The van der Waals surface area contributed by atoms with Gasteiger partial charge in [-0.2, -0.15) is 10.2 Å². The van der Waals surface area contributed by atoms with Gasteiger partial charge in [-0.15, -0.1) is 0 Å². The number of hydrogen-bond donors (Lipinski definition) is 1. The van der Waals surface area contributed by atoms with E-state index in [0.29, 0.717) is 23.3 Å². The number of aromatic amines is 1. The summed E-state index contributed by atoms with van der Waals surface area (Å²) in [6.07, 6.45) is 13.3. The lowest BCUT2D eigenvalue weighted by atomic mass is 10.1. The van der Waals surface area contributed by atoms with Crippen LogP contribution in [0.5, 0.6) is 11.5 Å². The van der Waals surface area contributed by atoms with E-state index in [1.54, 1.807) is 82.1 Å². The van der Waals surface area contributed by atoms with Crippen molar-refractivity contribution in [1.82, 2.24) is 69.6 Å². The molecule has 0 radical (unpaired) electrons. The van der Waals surface area contributed by atoms with Crippen LogP contribution in [0.4, 0.5) is 21.9 Å². The molecule has 0 unspecified atom stereocenters. The summed E-state index contributed by atoms with van der Waals surface area (Å²) in [6, 6.07) is 12.5. The number of anilines is 4. The minimum atomic E-state index is 0.245. The summed E-state index contributed by atoms with van der Waals surface area (Å²) >= 11 is 9.80. The number of fused-ring (bicyclic) bond motifs is 8. The molecular formula is C62H71ClN18O6S2. The summed E-state index contributed by atoms with van der Waals surface area (Å²) in [7, 11) is 6.82. The van der Waals surface area contributed by atoms with Crippen LogP contribution in [0.15, 0.2) is 73.6 Å². The highest BCUT2D eigenvalue weighted by Gasteiger charge is 2.42. The third-order valence-corrected chi connectivity index (χ3v) is 20.0. The maximum atomic E-state index is 6.34. The Kier molecular flexibility index (Phi) is 17.1. The fourth-order valence-electron chi connectivity index (χ4n) is 12.9. The standard InChI is InChI=1S/C31H35N9O3S.C18H24ClN5O2S.C13H12N4O/c1-19-22-16-33-40(25(22)13-24(34-19)23-15-32-5-4-26(23)42-3)28-14-27-29(30(35-28)39-17-21-12-20(39)18-43-21)36-31(44-27)38-8-6-37(7-9-38)10-11-41-2;1-25-7-6-22-2-4-23(5-3-22)18-21-16-14(27-18)9-15(19)20-17(16)24-10-13-8-12(24)11-26-13;1-8-9-7-15-17-12(9)5-11(16-8)10-6-14-4-3-13(10)18-2/h4-5,13-16,20-21H,6-12,17-18H2,1-3H3;9,12-13H,2-8,10-11H2,1H3;3-7H,1-2H3,(H,15,17)/t20-,21-;12-,13-;/m11./s1. The first-order chi connectivity index (χ1) is 43.6. The van der Waals surface area contributed by atoms with Crippen molar-refractivity contribution < 1.29 is 28.4 Å². The first-order valence-electron chi connectivity index (χ1n) is 30.2. The molecule has 6 aliphatic heterocycles. The summed E-state index contributed by atoms with van der Waals surface area (Å²) in [5.41, 5.74) is 8.96. The lowest BCUT2D eigenvalue weighted by molar-refractivity contribution is 0.0988. The van der Waals surface area contributed by atoms with E-state index in [4.69, 9.17) is 65.1 Å². The van der Waals surface area contributed by atoms with Crippen LogP contribution in [-0.2, 0) is 18.9 Å². The molecule has 6 aliphatic rings. The third-order valence-electron chi connectivity index (χ3n) is 17.7. The molecule has 10 aromatic rings. The minimum absolute atomic E-state index is 0.245. The molecule has 27 heteroatoms. The number of rotatable bonds is 15. The highest BCUT2D eigenvalue weighted by Crippen LogP contribution is 2.43. The summed E-state index contributed by atoms with van der Waals surface area (Å²) in [5.74, 6) is 4.09. The first kappa shape index (κ1) is 59.1. The molecule has 0 aliphatic carbocycles. The number of H-pyrrole nitrogens is 1. The van der Waals surface area contributed by atoms with E-state index in [2.05, 4.69) is 65.6 Å². The Hall–Kier alpha value is -7.53. The zero-order chi connectivity index (χ0) is 60.7. The zero-order valence-corrected chi connectivity index (χ0v) is 53.1. The molecule has 464 valence electrons. The van der Waals surface area contributed by atoms with Crippen LogP contribution >= 0.6 is 34.3 Å². The highest BCUT2D eigenvalue weighted by molar-refractivity contribution is 7.22. The molecule has 0 saturated carbocycles. The number of nitrogens with zero attached hydrogens (tertiary/aromatic N) is 17. The lowest BCUT2D eigenvalue weighted by Crippen LogP contribution is -2.47. The van der Waals surface area contributed by atoms with Crippen molar-refractivity contribution in [2.75, 3.05) is 153 Å². The molecule has 6 fully saturated rings. The molecule has 1 N–H and O–H groups in total. The maximum absolute atomic E-state index is 6.34. The smallest absolute Gasteiger partial charge is 0.186 e. The van der Waals surface area contributed by atoms with Crippen molar-refractivity contribution in [2.45, 2.75) is 51.0 Å². The van der Waals surface area contributed by atoms with Crippen LogP contribution in [0.1, 0.15) is 24.2 Å². The van der Waals surface area contributed by atoms with E-state index < -0.39 is 0 Å². The van der Waals surface area contributed by atoms with E-state index in [0.717, 1.165) is 233 Å². The van der Waals surface area contributed by atoms with E-state index in [-0.39, 0.29) is 6.10 Å². The summed E-state index contributed by atoms with van der Waals surface area (Å²) in [6.45, 7) is 18.6. The number of ether oxygens (including phenoxy) is 6. The predicted molar refractivity (Wildman–Crippen MR) is 347 cm³/mol. The molecule has 24 nitrogen and oxygen atoms in total. The van der Waals surface area contributed by atoms with Gasteiger partial charge in [-0.1, -0.05) is 34.3 Å². The number of pyridine rings is 6. The number of nitrogens with one attached hydrogen (secondary N) is 1. The van der Waals surface area contributed by atoms with Crippen LogP contribution in [0, 0.1) is 13.8 Å². The lowest BCUT2D eigenvalue weighted by Gasteiger charge is -2.34. The Morgan fingerprint density at radius 2 is 1.15 bits per heavy atom. The number of hydrogen-bond acceptors (Lipinski definition) is 24. The second kappa shape index (κ2) is 25.8. The van der Waals surface area contributed by atoms with Crippen molar-refractivity contribution in [3.05, 3.63) is 90.1 Å². The first-order valence-corrected chi connectivity index (χ1v) is 32.2. The van der Waals surface area contributed by atoms with Gasteiger partial charge < -0.3 is 48.0 Å². The number of halogens is 1. The van der Waals surface area contributed by atoms with Gasteiger partial charge in [0.05, 0.1) is 120 Å². The normalized spacial score (nSPS) is 20.1. The largest absolute Gasteiger partial charge is 0.496 e. The Morgan fingerprint density at radius 3 is 1.67 bits per heavy atom. The average molecular weight is 1260 g/mol. The summed E-state index contributed by atoms with van der Waals surface area (Å²) in [4.78, 5) is 52.5. The van der Waals surface area contributed by atoms with Gasteiger partial charge in [0.2, 0.25) is 0 Å². The van der Waals surface area contributed by atoms with E-state index in [1.807, 2.05) is 55.1 Å². The molecule has 16 rings (SSSR count). The number of morpholine rings is 2. The maximum Gasteiger partial charge on any atom is 0.186 e. The number of methoxy groups -OCH3 is 4. The molecule has 0 spiro atoms. The number of aryl methyl sites for hydroxylation is 2. The van der Waals surface area contributed by atoms with Gasteiger partial charge in [0.1, 0.15) is 27.7 Å². The van der Waals surface area contributed by atoms with Crippen molar-refractivity contribution in [3.63, 3.8) is 0 Å². The number of aromatic nitrogens is 12. The number of piperazine rings is 2. The summed E-state index contributed by atoms with van der Waals surface area (Å²) in [5, 5.41) is 16.5. The topological polar surface area (TPSA) is 224 Å². The molecule has 6 saturated heterocycles. The van der Waals surface area contributed by atoms with Gasteiger partial charge in [0, 0.05) is 146 Å². The van der Waals surface area contributed by atoms with Gasteiger partial charge in [-0.25, -0.2) is 24.6 Å². The van der Waals surface area contributed by atoms with E-state index in [1.165, 1.54) is 0 Å². The van der Waals surface area contributed by atoms with Crippen molar-refractivity contribution in [2.24, 2.45) is 0 Å². The monoisotopic (exact) mass is 1260 g/mol. The second-order valence-corrected chi connectivity index (χ2v) is 25.5. The number of thiazole rings is 2. The zero-order valence-electron chi connectivity index (χ0n) is 50.7. The SMILES string of the molecule is COCCN1CCN(c2nc3c(N4C[C@H]5C[C@@H]4CO5)nc(-n4ncc5c(C)nc(-c6cnccc6OC)cc54)cc3s2)CC1.COCCN1CCN(c2nc3c(N4C[C@H]5C[C@@H]4CO5)nc(Cl)cc3s2)CC1.COc1ccncc1-c1cc2[nH]ncc2c(C)n1. The van der Waals surface area contributed by atoms with Gasteiger partial charge in [0.15, 0.2) is 27.7 Å². The Labute approximate surface area is 527 Å². The molecular weight excluding hydrogens is 1190 g/mol. The van der Waals surface area contributed by atoms with Gasteiger partial charge >= 0.3 is 0 Å². The highest BCUT2D eigenvalue weighted by atomic mass is 35.5. The fourth-order valence-corrected chi connectivity index (χ4v) is 15.2.